The van der Waals surface area contributed by atoms with Crippen molar-refractivity contribution >= 4 is 103 Å². The number of hydrogen-bond donors (Lipinski definition) is 21. The van der Waals surface area contributed by atoms with E-state index >= 15 is 0 Å². The molecule has 4 saturated heterocycles. The first-order chi connectivity index (χ1) is 45.5. The third kappa shape index (κ3) is 24.8. The van der Waals surface area contributed by atoms with Gasteiger partial charge >= 0.3 is 90.5 Å². The van der Waals surface area contributed by atoms with Gasteiger partial charge in [-0.05, 0) is 6.08 Å². The number of ether oxygens (including phenoxy) is 10. The maximum absolute atomic E-state index is 13.0. The first-order valence-corrected chi connectivity index (χ1v) is 36.0. The number of carboxylic acids is 3. The first kappa shape index (κ1) is 86.1. The van der Waals surface area contributed by atoms with Gasteiger partial charge in [0.25, 0.3) is 0 Å². The molecule has 0 saturated carbocycles. The zero-order chi connectivity index (χ0) is 76.2. The largest absolute Gasteiger partial charge is 0.479 e. The van der Waals surface area contributed by atoms with Crippen LogP contribution in [0.2, 0.25) is 0 Å². The molecule has 5 heterocycles. The normalized spacial score (nSPS) is 35.6. The summed E-state index contributed by atoms with van der Waals surface area (Å²) in [5, 5.41) is 123. The topological polar surface area (TPSA) is 863 Å². The Labute approximate surface area is 558 Å². The molecule has 580 valence electrons. The molecule has 0 aromatic rings. The third-order valence-corrected chi connectivity index (χ3v) is 16.9. The SMILES string of the molecule is CC(=O)N[C@H]1[C@@H](O[C@H]2[C@H](O)[C@@H](O)[C@H](O[C@@H]([C@H](OS(=O)(=O)O)[C@H](C=O)NS(=O)(=O)O)[C@H](O)COS(=O)(=O)O)O[C@@H]2C(=O)O)O[C@H](COS(=O)(=O)O)[C@@H](O[C@@H]2O[C@@H](C(=O)O)[C@@H](O[C@H]3O[C@H](COS(=O)(=O)O)[C@@H](O[C@@H]4OC(C(=O)O)=C[C@H](O)[C@H]4OS(=O)(=O)O)[C@H](O)[C@H]3NS(=O)(=O)O)[C@H](O)[C@H]2O)[C@@H]1O. The van der Waals surface area contributed by atoms with E-state index in [2.05, 4.69) is 20.9 Å². The van der Waals surface area contributed by atoms with Gasteiger partial charge in [-0.25, -0.2) is 35.3 Å². The molecule has 27 atom stereocenters. The van der Waals surface area contributed by atoms with E-state index in [9.17, 15) is 166 Å². The maximum atomic E-state index is 13.0. The van der Waals surface area contributed by atoms with Crippen LogP contribution in [0.4, 0.5) is 0 Å². The second-order valence-electron chi connectivity index (χ2n) is 20.7. The first-order valence-electron chi connectivity index (χ1n) is 26.3. The van der Waals surface area contributed by atoms with Gasteiger partial charge in [-0.15, -0.1) is 0 Å². The molecule has 0 unspecified atom stereocenters. The number of hydrogen-bond acceptors (Lipinski definition) is 42. The summed E-state index contributed by atoms with van der Waals surface area (Å²) in [5.74, 6) is -9.45. The van der Waals surface area contributed by atoms with E-state index in [1.54, 1.807) is 0 Å². The molecule has 1 amide bonds. The Morgan fingerprint density at radius 2 is 0.960 bits per heavy atom. The minimum absolute atomic E-state index is 0.252. The van der Waals surface area contributed by atoms with E-state index in [1.165, 1.54) is 4.72 Å². The quantitative estimate of drug-likeness (QED) is 0.0207. The van der Waals surface area contributed by atoms with Crippen LogP contribution in [0.3, 0.4) is 0 Å². The molecule has 21 N–H and O–H groups in total. The maximum Gasteiger partial charge on any atom is 0.397 e. The highest BCUT2D eigenvalue weighted by atomic mass is 32.3. The van der Waals surface area contributed by atoms with Crippen molar-refractivity contribution < 1.29 is 239 Å². The van der Waals surface area contributed by atoms with E-state index < -0.39 is 294 Å². The molecule has 4 fully saturated rings. The van der Waals surface area contributed by atoms with Gasteiger partial charge in [0, 0.05) is 6.92 Å². The van der Waals surface area contributed by atoms with Crippen molar-refractivity contribution in [1.82, 2.24) is 14.8 Å². The number of aliphatic hydroxyl groups excluding tert-OH is 8. The number of amides is 1. The molecule has 62 heteroatoms. The van der Waals surface area contributed by atoms with Crippen molar-refractivity contribution in [2.75, 3.05) is 19.8 Å². The molecule has 0 aliphatic carbocycles. The van der Waals surface area contributed by atoms with Crippen molar-refractivity contribution in [3.8, 4) is 0 Å². The van der Waals surface area contributed by atoms with Gasteiger partial charge in [0.2, 0.25) is 18.0 Å². The molecule has 0 spiro atoms. The van der Waals surface area contributed by atoms with Crippen LogP contribution < -0.4 is 14.8 Å². The predicted octanol–water partition coefficient (Wildman–Crippen LogP) is -14.7. The molecule has 5 aliphatic heterocycles. The Kier molecular flexibility index (Phi) is 29.1. The van der Waals surface area contributed by atoms with Crippen LogP contribution >= 0.6 is 0 Å². The summed E-state index contributed by atoms with van der Waals surface area (Å²) >= 11 is 0. The predicted molar refractivity (Wildman–Crippen MR) is 289 cm³/mol. The molecule has 55 nitrogen and oxygen atoms in total. The molecule has 0 aromatic carbocycles. The van der Waals surface area contributed by atoms with Gasteiger partial charge < -0.3 is 114 Å². The summed E-state index contributed by atoms with van der Waals surface area (Å²) in [6, 6.07) is -8.23. The number of rotatable bonds is 35. The minimum Gasteiger partial charge on any atom is -0.479 e. The highest BCUT2D eigenvalue weighted by Gasteiger charge is 2.60. The molecule has 0 radical (unpaired) electrons. The fourth-order valence-electron chi connectivity index (χ4n) is 9.60. The fraction of sp³-hybridized carbons (Fsp3) is 0.816. The van der Waals surface area contributed by atoms with Crippen molar-refractivity contribution in [3.63, 3.8) is 0 Å². The average molecular weight is 1610 g/mol. The summed E-state index contributed by atoms with van der Waals surface area (Å²) < 4.78 is 308. The Morgan fingerprint density at radius 3 is 1.37 bits per heavy atom. The van der Waals surface area contributed by atoms with E-state index in [0.29, 0.717) is 6.92 Å². The summed E-state index contributed by atoms with van der Waals surface area (Å²) in [5.41, 5.74) is 0. The van der Waals surface area contributed by atoms with Gasteiger partial charge in [0.05, 0.1) is 19.8 Å². The number of carboxylic acid groups (broad SMARTS) is 3. The number of aliphatic carboxylic acids is 3. The summed E-state index contributed by atoms with van der Waals surface area (Å²) in [7, 11) is -40.5. The molecular formula is C38H59N3O52S7. The third-order valence-electron chi connectivity index (χ3n) is 13.5. The summed E-state index contributed by atoms with van der Waals surface area (Å²) in [6.45, 7) is -4.72. The lowest BCUT2D eigenvalue weighted by atomic mass is 9.94. The zero-order valence-corrected chi connectivity index (χ0v) is 54.4. The van der Waals surface area contributed by atoms with Crippen molar-refractivity contribution in [2.45, 2.75) is 172 Å². The molecule has 5 rings (SSSR count). The lowest BCUT2D eigenvalue weighted by Crippen LogP contribution is -2.71. The zero-order valence-electron chi connectivity index (χ0n) is 48.7. The van der Waals surface area contributed by atoms with Crippen LogP contribution in [0.25, 0.3) is 0 Å². The lowest BCUT2D eigenvalue weighted by Gasteiger charge is -2.50. The molecule has 0 bridgehead atoms. The van der Waals surface area contributed by atoms with Crippen LogP contribution in [-0.2, 0) is 165 Å². The highest BCUT2D eigenvalue weighted by Crippen LogP contribution is 2.38. The van der Waals surface area contributed by atoms with Crippen LogP contribution in [-0.4, -0.2) is 362 Å². The summed E-state index contributed by atoms with van der Waals surface area (Å²) in [4.78, 5) is 62.5. The van der Waals surface area contributed by atoms with Gasteiger partial charge in [0.15, 0.2) is 43.5 Å². The van der Waals surface area contributed by atoms with E-state index in [-0.39, 0.29) is 6.08 Å². The number of aliphatic hydroxyl groups is 8. The molecule has 100 heavy (non-hydrogen) atoms. The number of carbonyl (C=O) groups is 5. The number of carbonyl (C=O) groups excluding carboxylic acids is 2. The van der Waals surface area contributed by atoms with Gasteiger partial charge in [0.1, 0.15) is 122 Å². The van der Waals surface area contributed by atoms with Crippen molar-refractivity contribution in [1.29, 1.82) is 0 Å². The fourth-order valence-corrected chi connectivity index (χ4v) is 12.6. The van der Waals surface area contributed by atoms with Gasteiger partial charge in [-0.1, -0.05) is 0 Å². The van der Waals surface area contributed by atoms with Crippen LogP contribution in [0, 0.1) is 0 Å². The average Bonchev–Trinajstić information content (AvgIpc) is 0.772. The second-order valence-corrected chi connectivity index (χ2v) is 28.4. The minimum atomic E-state index is -6.09. The monoisotopic (exact) mass is 1610 g/mol. The van der Waals surface area contributed by atoms with E-state index in [4.69, 9.17) is 51.9 Å². The number of aldehydes is 1. The Balaban J connectivity index is 1.51. The van der Waals surface area contributed by atoms with Crippen LogP contribution in [0.5, 0.6) is 0 Å². The van der Waals surface area contributed by atoms with Crippen LogP contribution in [0.15, 0.2) is 11.8 Å². The summed E-state index contributed by atoms with van der Waals surface area (Å²) in [6.07, 6.45) is -68.9. The Bertz CT molecular complexity index is 3770. The van der Waals surface area contributed by atoms with E-state index in [1.807, 2.05) is 5.32 Å². The highest BCUT2D eigenvalue weighted by molar-refractivity contribution is 7.84. The number of nitrogens with one attached hydrogen (secondary N) is 3. The molecular weight excluding hydrogens is 1550 g/mol. The van der Waals surface area contributed by atoms with Gasteiger partial charge in [-0.3, -0.25) is 36.7 Å². The second kappa shape index (κ2) is 33.7. The van der Waals surface area contributed by atoms with Crippen molar-refractivity contribution in [3.05, 3.63) is 11.8 Å². The van der Waals surface area contributed by atoms with E-state index in [0.717, 1.165) is 4.72 Å². The molecule has 5 aliphatic rings. The standard InChI is InChI=1S/C38H59N3O52S7/c1-7(43)39-14-16(46)25(12(5-80-97(67,68)69)83-34(14)88-27-18(48)20(50)36(90-29(27)32(54)55)85-23(10(45)4-79-96(64,65)66)22(92-99(73,74)75)8(3-42)40-94(58,59)60)86-37-21(51)19(49)28(30(91-37)33(56)57)89-35-15(41-95(61,62)63)17(47)26(13(84-35)6-81-98(70,71)72)87-38-24(93-100(76,77)78)9(44)2-11(82-38)31(52)53/h2-3,8-10,12-30,34-38,40-41,44-51H,4-6H2,1H3,(H,39,43)(H,52,53)(H,54,55)(H,56,57)(H,58,59,60)(H,61,62,63)(H,64,65,66)(H,67,68,69)(H,70,71,72)(H,73,74,75)(H,76,77,78)/t8-,9-,10+,12+,13+,14+,15+,16+,17+,18+,19+,20+,21+,22+,23+,24+,25+,26+,27-,28-,29-,30+,34+,35+,36+,37+,38-/m0/s1. The smallest absolute Gasteiger partial charge is 0.397 e. The Morgan fingerprint density at radius 1 is 0.520 bits per heavy atom. The van der Waals surface area contributed by atoms with Crippen LogP contribution in [0.1, 0.15) is 6.92 Å². The van der Waals surface area contributed by atoms with Crippen molar-refractivity contribution in [2.24, 2.45) is 0 Å². The Hall–Kier alpha value is -4.50. The lowest BCUT2D eigenvalue weighted by molar-refractivity contribution is -0.374. The van der Waals surface area contributed by atoms with Gasteiger partial charge in [-0.2, -0.15) is 68.4 Å². The molecule has 0 aromatic heterocycles.